The molecule has 0 saturated heterocycles. The molecule has 0 fully saturated rings. The molecule has 0 atom stereocenters. The molecule has 0 spiro atoms. The van der Waals surface area contributed by atoms with Gasteiger partial charge in [0, 0.05) is 11.8 Å². The zero-order valence-electron chi connectivity index (χ0n) is 8.70. The van der Waals surface area contributed by atoms with Crippen LogP contribution in [-0.2, 0) is 0 Å². The van der Waals surface area contributed by atoms with Crippen LogP contribution in [0.3, 0.4) is 0 Å². The number of nitrogens with zero attached hydrogens (tertiary/aromatic N) is 1. The fraction of sp³-hybridized carbons (Fsp3) is 0.0833. The predicted molar refractivity (Wildman–Crippen MR) is 59.0 cm³/mol. The largest absolute Gasteiger partial charge is 0.384 e. The van der Waals surface area contributed by atoms with Gasteiger partial charge < -0.3 is 5.73 Å². The van der Waals surface area contributed by atoms with Crippen molar-refractivity contribution in [3.8, 4) is 11.1 Å². The van der Waals surface area contributed by atoms with E-state index in [2.05, 4.69) is 4.98 Å². The lowest BCUT2D eigenvalue weighted by atomic mass is 10.1. The van der Waals surface area contributed by atoms with Crippen molar-refractivity contribution in [2.24, 2.45) is 0 Å². The summed E-state index contributed by atoms with van der Waals surface area (Å²) in [7, 11) is 0. The van der Waals surface area contributed by atoms with Gasteiger partial charge in [-0.25, -0.2) is 18.2 Å². The number of nitrogens with two attached hydrogens (primary N) is 1. The van der Waals surface area contributed by atoms with Crippen LogP contribution in [0.15, 0.2) is 36.5 Å². The standard InChI is InChI=1S/C12H9F3N2/c13-10-5-7(1-3-9(10)12(14)15)8-2-4-11(16)17-6-8/h1-6,12H,(H2,16,17). The molecular formula is C12H9F3N2. The molecule has 1 aromatic carbocycles. The van der Waals surface area contributed by atoms with Gasteiger partial charge in [-0.1, -0.05) is 6.07 Å². The molecule has 2 nitrogen and oxygen atoms in total. The van der Waals surface area contributed by atoms with Crippen LogP contribution in [0.4, 0.5) is 19.0 Å². The Bertz CT molecular complexity index is 524. The maximum atomic E-state index is 13.3. The fourth-order valence-corrected chi connectivity index (χ4v) is 1.46. The third kappa shape index (κ3) is 2.38. The third-order valence-corrected chi connectivity index (χ3v) is 2.36. The molecule has 0 aliphatic rings. The minimum Gasteiger partial charge on any atom is -0.384 e. The van der Waals surface area contributed by atoms with Gasteiger partial charge >= 0.3 is 0 Å². The second-order valence-electron chi connectivity index (χ2n) is 3.51. The molecule has 0 unspecified atom stereocenters. The summed E-state index contributed by atoms with van der Waals surface area (Å²) in [5, 5.41) is 0. The van der Waals surface area contributed by atoms with Gasteiger partial charge in [0.15, 0.2) is 0 Å². The van der Waals surface area contributed by atoms with Gasteiger partial charge in [0.1, 0.15) is 11.6 Å². The lowest BCUT2D eigenvalue weighted by Crippen LogP contribution is -1.92. The van der Waals surface area contributed by atoms with E-state index in [4.69, 9.17) is 5.73 Å². The van der Waals surface area contributed by atoms with Gasteiger partial charge in [-0.15, -0.1) is 0 Å². The molecule has 2 rings (SSSR count). The molecule has 0 amide bonds. The maximum absolute atomic E-state index is 13.3. The zero-order chi connectivity index (χ0) is 12.4. The molecule has 2 aromatic rings. The first-order valence-electron chi connectivity index (χ1n) is 4.87. The molecule has 2 N–H and O–H groups in total. The summed E-state index contributed by atoms with van der Waals surface area (Å²) in [6, 6.07) is 6.78. The first kappa shape index (κ1) is 11.4. The van der Waals surface area contributed by atoms with E-state index in [9.17, 15) is 13.2 Å². The van der Waals surface area contributed by atoms with Crippen molar-refractivity contribution in [1.29, 1.82) is 0 Å². The number of alkyl halides is 2. The number of hydrogen-bond donors (Lipinski definition) is 1. The van der Waals surface area contributed by atoms with Crippen LogP contribution in [0.1, 0.15) is 12.0 Å². The molecule has 1 aromatic heterocycles. The Labute approximate surface area is 95.9 Å². The quantitative estimate of drug-likeness (QED) is 0.870. The van der Waals surface area contributed by atoms with Crippen LogP contribution in [0.2, 0.25) is 0 Å². The number of halogens is 3. The number of nitrogen functional groups attached to an aromatic ring is 1. The highest BCUT2D eigenvalue weighted by Gasteiger charge is 2.13. The Kier molecular flexibility index (Phi) is 2.99. The van der Waals surface area contributed by atoms with Crippen LogP contribution < -0.4 is 5.73 Å². The molecule has 1 heterocycles. The Morgan fingerprint density at radius 3 is 2.29 bits per heavy atom. The van der Waals surface area contributed by atoms with Crippen molar-refractivity contribution in [2.75, 3.05) is 5.73 Å². The Morgan fingerprint density at radius 2 is 1.76 bits per heavy atom. The van der Waals surface area contributed by atoms with Gasteiger partial charge in [-0.3, -0.25) is 0 Å². The summed E-state index contributed by atoms with van der Waals surface area (Å²) >= 11 is 0. The minimum atomic E-state index is -2.81. The normalized spacial score (nSPS) is 10.8. The molecule has 0 bridgehead atoms. The van der Waals surface area contributed by atoms with E-state index in [0.29, 0.717) is 16.9 Å². The number of hydrogen-bond acceptors (Lipinski definition) is 2. The average molecular weight is 238 g/mol. The zero-order valence-corrected chi connectivity index (χ0v) is 8.70. The molecule has 0 saturated carbocycles. The molecule has 5 heteroatoms. The first-order chi connectivity index (χ1) is 8.08. The monoisotopic (exact) mass is 238 g/mol. The lowest BCUT2D eigenvalue weighted by molar-refractivity contribution is 0.146. The summed E-state index contributed by atoms with van der Waals surface area (Å²) in [5.41, 5.74) is 5.92. The highest BCUT2D eigenvalue weighted by molar-refractivity contribution is 5.63. The molecule has 0 radical (unpaired) electrons. The van der Waals surface area contributed by atoms with E-state index in [1.165, 1.54) is 12.3 Å². The molecule has 88 valence electrons. The van der Waals surface area contributed by atoms with Crippen molar-refractivity contribution in [2.45, 2.75) is 6.43 Å². The highest BCUT2D eigenvalue weighted by atomic mass is 19.3. The Hall–Kier alpha value is -2.04. The van der Waals surface area contributed by atoms with Gasteiger partial charge in [0.2, 0.25) is 0 Å². The molecule has 0 aliphatic carbocycles. The summed E-state index contributed by atoms with van der Waals surface area (Å²) < 4.78 is 38.0. The van der Waals surface area contributed by atoms with Gasteiger partial charge in [-0.05, 0) is 29.8 Å². The number of anilines is 1. The van der Waals surface area contributed by atoms with E-state index in [1.807, 2.05) is 0 Å². The van der Waals surface area contributed by atoms with E-state index < -0.39 is 17.8 Å². The minimum absolute atomic E-state index is 0.346. The third-order valence-electron chi connectivity index (χ3n) is 2.36. The first-order valence-corrected chi connectivity index (χ1v) is 4.87. The SMILES string of the molecule is Nc1ccc(-c2ccc(C(F)F)c(F)c2)cn1. The smallest absolute Gasteiger partial charge is 0.266 e. The van der Waals surface area contributed by atoms with Crippen LogP contribution in [0.5, 0.6) is 0 Å². The second kappa shape index (κ2) is 4.45. The van der Waals surface area contributed by atoms with Crippen molar-refractivity contribution in [3.63, 3.8) is 0 Å². The van der Waals surface area contributed by atoms with Crippen LogP contribution in [-0.4, -0.2) is 4.98 Å². The average Bonchev–Trinajstić information content (AvgIpc) is 2.29. The summed E-state index contributed by atoms with van der Waals surface area (Å²) in [6.07, 6.45) is -1.35. The van der Waals surface area contributed by atoms with Crippen molar-refractivity contribution >= 4 is 5.82 Å². The number of benzene rings is 1. The second-order valence-corrected chi connectivity index (χ2v) is 3.51. The highest BCUT2D eigenvalue weighted by Crippen LogP contribution is 2.27. The summed E-state index contributed by atoms with van der Waals surface area (Å²) in [4.78, 5) is 3.85. The molecular weight excluding hydrogens is 229 g/mol. The molecule has 0 aliphatic heterocycles. The van der Waals surface area contributed by atoms with Crippen molar-refractivity contribution < 1.29 is 13.2 Å². The summed E-state index contributed by atoms with van der Waals surface area (Å²) in [6.45, 7) is 0. The topological polar surface area (TPSA) is 38.9 Å². The van der Waals surface area contributed by atoms with E-state index in [0.717, 1.165) is 12.1 Å². The van der Waals surface area contributed by atoms with Crippen molar-refractivity contribution in [3.05, 3.63) is 47.9 Å². The van der Waals surface area contributed by atoms with Crippen LogP contribution >= 0.6 is 0 Å². The number of aromatic nitrogens is 1. The van der Waals surface area contributed by atoms with Crippen LogP contribution in [0.25, 0.3) is 11.1 Å². The molecule has 17 heavy (non-hydrogen) atoms. The Balaban J connectivity index is 2.41. The number of rotatable bonds is 2. The van der Waals surface area contributed by atoms with Gasteiger partial charge in [0.05, 0.1) is 5.56 Å². The fourth-order valence-electron chi connectivity index (χ4n) is 1.46. The van der Waals surface area contributed by atoms with Gasteiger partial charge in [-0.2, -0.15) is 0 Å². The van der Waals surface area contributed by atoms with Gasteiger partial charge in [0.25, 0.3) is 6.43 Å². The van der Waals surface area contributed by atoms with E-state index in [1.54, 1.807) is 12.1 Å². The maximum Gasteiger partial charge on any atom is 0.266 e. The summed E-state index contributed by atoms with van der Waals surface area (Å²) in [5.74, 6) is -0.576. The number of pyridine rings is 1. The Morgan fingerprint density at radius 1 is 1.06 bits per heavy atom. The predicted octanol–water partition coefficient (Wildman–Crippen LogP) is 3.41. The van der Waals surface area contributed by atoms with Crippen molar-refractivity contribution in [1.82, 2.24) is 4.98 Å². The van der Waals surface area contributed by atoms with Crippen LogP contribution in [0, 0.1) is 5.82 Å². The van der Waals surface area contributed by atoms with E-state index in [-0.39, 0.29) is 0 Å². The lowest BCUT2D eigenvalue weighted by Gasteiger charge is -2.05. The van der Waals surface area contributed by atoms with E-state index >= 15 is 0 Å².